The van der Waals surface area contributed by atoms with Gasteiger partial charge in [0.25, 0.3) is 0 Å². The van der Waals surface area contributed by atoms with Crippen LogP contribution in [0.1, 0.15) is 24.2 Å². The van der Waals surface area contributed by atoms with Crippen LogP contribution in [0.15, 0.2) is 36.7 Å². The number of amides is 1. The highest BCUT2D eigenvalue weighted by Gasteiger charge is 2.23. The molecule has 6 nitrogen and oxygen atoms in total. The van der Waals surface area contributed by atoms with Crippen LogP contribution in [0.5, 0.6) is 0 Å². The van der Waals surface area contributed by atoms with Gasteiger partial charge < -0.3 is 14.8 Å². The van der Waals surface area contributed by atoms with Crippen LogP contribution in [0.3, 0.4) is 0 Å². The Bertz CT molecular complexity index is 654. The molecule has 1 aromatic heterocycles. The van der Waals surface area contributed by atoms with E-state index in [1.807, 2.05) is 22.8 Å². The van der Waals surface area contributed by atoms with Crippen molar-refractivity contribution in [3.05, 3.63) is 48.0 Å². The van der Waals surface area contributed by atoms with E-state index < -0.39 is 0 Å². The van der Waals surface area contributed by atoms with Crippen molar-refractivity contribution in [1.29, 1.82) is 0 Å². The van der Waals surface area contributed by atoms with Gasteiger partial charge in [0.05, 0.1) is 12.5 Å². The molecule has 128 valence electrons. The molecule has 6 heteroatoms. The molecular weight excluding hydrogens is 302 g/mol. The fourth-order valence-electron chi connectivity index (χ4n) is 3.19. The van der Waals surface area contributed by atoms with Crippen LogP contribution in [-0.2, 0) is 24.3 Å². The zero-order chi connectivity index (χ0) is 16.8. The summed E-state index contributed by atoms with van der Waals surface area (Å²) in [6.45, 7) is 3.17. The van der Waals surface area contributed by atoms with Gasteiger partial charge in [-0.2, -0.15) is 0 Å². The predicted octanol–water partition coefficient (Wildman–Crippen LogP) is 1.48. The average molecular weight is 327 g/mol. The lowest BCUT2D eigenvalue weighted by Gasteiger charge is -2.28. The molecular formula is C18H25N5O. The number of likely N-dealkylation sites (tertiary alicyclic amines) is 1. The number of aryl methyl sites for hydroxylation is 2. The highest BCUT2D eigenvalue weighted by Crippen LogP contribution is 2.15. The average Bonchev–Trinajstić information content (AvgIpc) is 3.06. The fourth-order valence-corrected chi connectivity index (χ4v) is 3.19. The minimum atomic E-state index is 0.0874. The van der Waals surface area contributed by atoms with Crippen LogP contribution in [0.25, 0.3) is 0 Å². The molecule has 1 atom stereocenters. The molecule has 1 aliphatic rings. The number of rotatable bonds is 6. The van der Waals surface area contributed by atoms with Crippen molar-refractivity contribution < 1.29 is 4.79 Å². The molecule has 1 N–H and O–H groups in total. The third-order valence-corrected chi connectivity index (χ3v) is 4.60. The number of carbonyl (C=O) groups is 1. The molecule has 2 aromatic rings. The molecule has 0 radical (unpaired) electrons. The molecule has 1 aromatic carbocycles. The van der Waals surface area contributed by atoms with E-state index in [9.17, 15) is 4.79 Å². The summed E-state index contributed by atoms with van der Waals surface area (Å²) in [5.41, 5.74) is 1.28. The van der Waals surface area contributed by atoms with E-state index in [0.717, 1.165) is 44.7 Å². The summed E-state index contributed by atoms with van der Waals surface area (Å²) in [5.74, 6) is 1.02. The first-order valence-corrected chi connectivity index (χ1v) is 8.59. The number of hydrogen-bond acceptors (Lipinski definition) is 4. The molecule has 1 aliphatic heterocycles. The minimum absolute atomic E-state index is 0.0874. The Balaban J connectivity index is 1.51. The fraction of sp³-hybridized carbons (Fsp3) is 0.500. The summed E-state index contributed by atoms with van der Waals surface area (Å²) in [4.78, 5) is 14.6. The van der Waals surface area contributed by atoms with Crippen LogP contribution in [0, 0.1) is 5.92 Å². The molecule has 0 saturated carbocycles. The van der Waals surface area contributed by atoms with E-state index in [1.54, 1.807) is 6.33 Å². The van der Waals surface area contributed by atoms with Crippen molar-refractivity contribution in [2.24, 2.45) is 5.92 Å². The molecule has 1 unspecified atom stereocenters. The molecule has 1 amide bonds. The van der Waals surface area contributed by atoms with Gasteiger partial charge in [-0.25, -0.2) is 0 Å². The zero-order valence-corrected chi connectivity index (χ0v) is 14.2. The minimum Gasteiger partial charge on any atom is -0.349 e. The molecule has 0 aliphatic carbocycles. The number of aromatic nitrogens is 3. The summed E-state index contributed by atoms with van der Waals surface area (Å²) in [7, 11) is 2.07. The third kappa shape index (κ3) is 4.41. The van der Waals surface area contributed by atoms with Gasteiger partial charge >= 0.3 is 0 Å². The second-order valence-corrected chi connectivity index (χ2v) is 6.50. The molecule has 3 rings (SSSR count). The molecule has 0 spiro atoms. The number of nitrogens with zero attached hydrogens (tertiary/aromatic N) is 4. The lowest BCUT2D eigenvalue weighted by Crippen LogP contribution is -2.41. The maximum Gasteiger partial charge on any atom is 0.224 e. The molecule has 2 heterocycles. The molecule has 24 heavy (non-hydrogen) atoms. The Morgan fingerprint density at radius 3 is 2.96 bits per heavy atom. The Kier molecular flexibility index (Phi) is 5.59. The van der Waals surface area contributed by atoms with Crippen molar-refractivity contribution in [1.82, 2.24) is 25.0 Å². The predicted molar refractivity (Wildman–Crippen MR) is 92.2 cm³/mol. The van der Waals surface area contributed by atoms with Crippen molar-refractivity contribution >= 4 is 5.91 Å². The molecule has 1 fully saturated rings. The van der Waals surface area contributed by atoms with E-state index in [0.29, 0.717) is 6.54 Å². The summed E-state index contributed by atoms with van der Waals surface area (Å²) in [6, 6.07) is 10.3. The van der Waals surface area contributed by atoms with Gasteiger partial charge in [0, 0.05) is 13.1 Å². The maximum atomic E-state index is 12.3. The van der Waals surface area contributed by atoms with Gasteiger partial charge in [0.2, 0.25) is 5.91 Å². The Morgan fingerprint density at radius 2 is 2.17 bits per heavy atom. The van der Waals surface area contributed by atoms with Gasteiger partial charge in [0.15, 0.2) is 5.82 Å². The highest BCUT2D eigenvalue weighted by atomic mass is 16.1. The van der Waals surface area contributed by atoms with Gasteiger partial charge in [0.1, 0.15) is 6.33 Å². The van der Waals surface area contributed by atoms with E-state index in [4.69, 9.17) is 0 Å². The number of carbonyl (C=O) groups excluding carboxylic acids is 1. The van der Waals surface area contributed by atoms with Crippen molar-refractivity contribution in [2.45, 2.75) is 32.4 Å². The van der Waals surface area contributed by atoms with E-state index in [-0.39, 0.29) is 11.8 Å². The molecule has 0 bridgehead atoms. The SMILES string of the molecule is CN1CCCC(C(=O)NCc2nncn2CCc2ccccc2)C1. The van der Waals surface area contributed by atoms with E-state index >= 15 is 0 Å². The zero-order valence-electron chi connectivity index (χ0n) is 14.2. The number of benzene rings is 1. The second kappa shape index (κ2) is 8.06. The number of hydrogen-bond donors (Lipinski definition) is 1. The first-order valence-electron chi connectivity index (χ1n) is 8.59. The van der Waals surface area contributed by atoms with Gasteiger partial charge in [-0.05, 0) is 38.4 Å². The lowest BCUT2D eigenvalue weighted by atomic mass is 9.98. The summed E-state index contributed by atoms with van der Waals surface area (Å²) < 4.78 is 2.01. The smallest absolute Gasteiger partial charge is 0.224 e. The Labute approximate surface area is 142 Å². The molecule has 1 saturated heterocycles. The summed E-state index contributed by atoms with van der Waals surface area (Å²) >= 11 is 0. The summed E-state index contributed by atoms with van der Waals surface area (Å²) in [6.07, 6.45) is 4.71. The Morgan fingerprint density at radius 1 is 1.33 bits per heavy atom. The van der Waals surface area contributed by atoms with Crippen LogP contribution in [0.2, 0.25) is 0 Å². The standard InChI is InChI=1S/C18H25N5O/c1-22-10-5-8-16(13-22)18(24)19-12-17-21-20-14-23(17)11-9-15-6-3-2-4-7-15/h2-4,6-7,14,16H,5,8-13H2,1H3,(H,19,24). The number of piperidine rings is 1. The summed E-state index contributed by atoms with van der Waals surface area (Å²) in [5, 5.41) is 11.2. The lowest BCUT2D eigenvalue weighted by molar-refractivity contribution is -0.126. The van der Waals surface area contributed by atoms with E-state index in [1.165, 1.54) is 5.56 Å². The van der Waals surface area contributed by atoms with Gasteiger partial charge in [-0.15, -0.1) is 10.2 Å². The van der Waals surface area contributed by atoms with Crippen molar-refractivity contribution in [3.63, 3.8) is 0 Å². The van der Waals surface area contributed by atoms with Gasteiger partial charge in [-0.1, -0.05) is 30.3 Å². The normalized spacial score (nSPS) is 18.5. The highest BCUT2D eigenvalue weighted by molar-refractivity contribution is 5.78. The third-order valence-electron chi connectivity index (χ3n) is 4.60. The van der Waals surface area contributed by atoms with Crippen LogP contribution >= 0.6 is 0 Å². The van der Waals surface area contributed by atoms with Crippen LogP contribution in [0.4, 0.5) is 0 Å². The first-order chi connectivity index (χ1) is 11.7. The van der Waals surface area contributed by atoms with E-state index in [2.05, 4.69) is 39.6 Å². The topological polar surface area (TPSA) is 63.1 Å². The van der Waals surface area contributed by atoms with Crippen molar-refractivity contribution in [2.75, 3.05) is 20.1 Å². The second-order valence-electron chi connectivity index (χ2n) is 6.50. The first kappa shape index (κ1) is 16.6. The van der Waals surface area contributed by atoms with Crippen molar-refractivity contribution in [3.8, 4) is 0 Å². The number of nitrogens with one attached hydrogen (secondary N) is 1. The maximum absolute atomic E-state index is 12.3. The van der Waals surface area contributed by atoms with Gasteiger partial charge in [-0.3, -0.25) is 4.79 Å². The van der Waals surface area contributed by atoms with Crippen LogP contribution in [-0.4, -0.2) is 45.7 Å². The van der Waals surface area contributed by atoms with Crippen LogP contribution < -0.4 is 5.32 Å². The Hall–Kier alpha value is -2.21. The monoisotopic (exact) mass is 327 g/mol. The quantitative estimate of drug-likeness (QED) is 0.873. The largest absolute Gasteiger partial charge is 0.349 e.